The van der Waals surface area contributed by atoms with Gasteiger partial charge in [-0.15, -0.1) is 0 Å². The molecule has 1 amide bonds. The molecule has 0 aliphatic rings. The SMILES string of the molecule is CN(CCO)C(=O)CCOc1cccc(N)c1. The van der Waals surface area contributed by atoms with Crippen molar-refractivity contribution in [1.82, 2.24) is 4.90 Å². The molecule has 0 unspecified atom stereocenters. The molecule has 5 nitrogen and oxygen atoms in total. The van der Waals surface area contributed by atoms with E-state index in [-0.39, 0.29) is 18.9 Å². The fourth-order valence-electron chi connectivity index (χ4n) is 1.33. The van der Waals surface area contributed by atoms with Crippen LogP contribution in [-0.4, -0.2) is 42.7 Å². The zero-order valence-corrected chi connectivity index (χ0v) is 9.93. The first kappa shape index (κ1) is 13.3. The molecule has 1 aromatic carbocycles. The number of anilines is 1. The van der Waals surface area contributed by atoms with Crippen molar-refractivity contribution in [2.24, 2.45) is 0 Å². The van der Waals surface area contributed by atoms with Gasteiger partial charge in [-0.05, 0) is 12.1 Å². The van der Waals surface area contributed by atoms with E-state index in [0.717, 1.165) is 0 Å². The topological polar surface area (TPSA) is 75.8 Å². The molecular weight excluding hydrogens is 220 g/mol. The summed E-state index contributed by atoms with van der Waals surface area (Å²) < 4.78 is 5.40. The highest BCUT2D eigenvalue weighted by Crippen LogP contribution is 2.14. The van der Waals surface area contributed by atoms with E-state index in [1.165, 1.54) is 4.90 Å². The number of carbonyl (C=O) groups is 1. The summed E-state index contributed by atoms with van der Waals surface area (Å²) in [6, 6.07) is 7.07. The highest BCUT2D eigenvalue weighted by atomic mass is 16.5. The fraction of sp³-hybridized carbons (Fsp3) is 0.417. The van der Waals surface area contributed by atoms with Crippen LogP contribution >= 0.6 is 0 Å². The van der Waals surface area contributed by atoms with Gasteiger partial charge in [-0.2, -0.15) is 0 Å². The van der Waals surface area contributed by atoms with Gasteiger partial charge in [-0.1, -0.05) is 6.07 Å². The number of carbonyl (C=O) groups excluding carboxylic acids is 1. The van der Waals surface area contributed by atoms with Gasteiger partial charge in [0.05, 0.1) is 19.6 Å². The van der Waals surface area contributed by atoms with Gasteiger partial charge in [-0.3, -0.25) is 4.79 Å². The third kappa shape index (κ3) is 4.74. The van der Waals surface area contributed by atoms with Crippen molar-refractivity contribution in [2.45, 2.75) is 6.42 Å². The molecule has 0 heterocycles. The van der Waals surface area contributed by atoms with E-state index >= 15 is 0 Å². The lowest BCUT2D eigenvalue weighted by Crippen LogP contribution is -2.30. The van der Waals surface area contributed by atoms with E-state index in [0.29, 0.717) is 24.6 Å². The standard InChI is InChI=1S/C12H18N2O3/c1-14(6-7-15)12(16)5-8-17-11-4-2-3-10(13)9-11/h2-4,9,15H,5-8,13H2,1H3. The summed E-state index contributed by atoms with van der Waals surface area (Å²) in [4.78, 5) is 13.0. The van der Waals surface area contributed by atoms with Crippen molar-refractivity contribution in [3.8, 4) is 5.75 Å². The Balaban J connectivity index is 2.30. The second-order valence-corrected chi connectivity index (χ2v) is 3.71. The Morgan fingerprint density at radius 1 is 1.53 bits per heavy atom. The van der Waals surface area contributed by atoms with Crippen LogP contribution in [0.4, 0.5) is 5.69 Å². The number of hydrogen-bond acceptors (Lipinski definition) is 4. The summed E-state index contributed by atoms with van der Waals surface area (Å²) in [7, 11) is 1.65. The Labute approximate surface area is 101 Å². The number of aliphatic hydroxyl groups is 1. The second-order valence-electron chi connectivity index (χ2n) is 3.71. The quantitative estimate of drug-likeness (QED) is 0.707. The van der Waals surface area contributed by atoms with Gasteiger partial charge >= 0.3 is 0 Å². The minimum absolute atomic E-state index is 0.0294. The molecule has 0 fully saturated rings. The van der Waals surface area contributed by atoms with Gasteiger partial charge in [0.25, 0.3) is 0 Å². The Morgan fingerprint density at radius 3 is 2.94 bits per heavy atom. The van der Waals surface area contributed by atoms with E-state index in [1.807, 2.05) is 0 Å². The molecule has 0 saturated heterocycles. The summed E-state index contributed by atoms with van der Waals surface area (Å²) in [5.74, 6) is 0.602. The number of benzene rings is 1. The number of nitrogens with two attached hydrogens (primary N) is 1. The summed E-state index contributed by atoms with van der Waals surface area (Å²) >= 11 is 0. The monoisotopic (exact) mass is 238 g/mol. The summed E-state index contributed by atoms with van der Waals surface area (Å²) in [6.07, 6.45) is 0.283. The van der Waals surface area contributed by atoms with Crippen molar-refractivity contribution in [3.05, 3.63) is 24.3 Å². The minimum Gasteiger partial charge on any atom is -0.493 e. The van der Waals surface area contributed by atoms with Crippen LogP contribution in [0, 0.1) is 0 Å². The average molecular weight is 238 g/mol. The number of aliphatic hydroxyl groups excluding tert-OH is 1. The molecule has 1 rings (SSSR count). The molecule has 1 aromatic rings. The summed E-state index contributed by atoms with van der Waals surface area (Å²) in [6.45, 7) is 0.619. The highest BCUT2D eigenvalue weighted by molar-refractivity contribution is 5.75. The maximum absolute atomic E-state index is 11.5. The highest BCUT2D eigenvalue weighted by Gasteiger charge is 2.07. The molecule has 0 spiro atoms. The molecule has 5 heteroatoms. The van der Waals surface area contributed by atoms with E-state index in [2.05, 4.69) is 0 Å². The zero-order valence-electron chi connectivity index (χ0n) is 9.93. The van der Waals surface area contributed by atoms with Crippen LogP contribution < -0.4 is 10.5 Å². The third-order valence-electron chi connectivity index (χ3n) is 2.30. The van der Waals surface area contributed by atoms with E-state index in [9.17, 15) is 4.79 Å². The van der Waals surface area contributed by atoms with Crippen molar-refractivity contribution in [3.63, 3.8) is 0 Å². The molecule has 0 aromatic heterocycles. The van der Waals surface area contributed by atoms with E-state index < -0.39 is 0 Å². The smallest absolute Gasteiger partial charge is 0.225 e. The number of ether oxygens (including phenoxy) is 1. The van der Waals surface area contributed by atoms with Gasteiger partial charge in [0.15, 0.2) is 0 Å². The molecule has 3 N–H and O–H groups in total. The van der Waals surface area contributed by atoms with Crippen LogP contribution in [0.5, 0.6) is 5.75 Å². The normalized spacial score (nSPS) is 10.0. The third-order valence-corrected chi connectivity index (χ3v) is 2.30. The average Bonchev–Trinajstić information content (AvgIpc) is 2.29. The lowest BCUT2D eigenvalue weighted by molar-refractivity contribution is -0.130. The first-order chi connectivity index (χ1) is 8.13. The Bertz CT molecular complexity index is 369. The van der Waals surface area contributed by atoms with Crippen molar-refractivity contribution >= 4 is 11.6 Å². The van der Waals surface area contributed by atoms with Crippen molar-refractivity contribution in [1.29, 1.82) is 0 Å². The van der Waals surface area contributed by atoms with E-state index in [4.69, 9.17) is 15.6 Å². The fourth-order valence-corrected chi connectivity index (χ4v) is 1.33. The number of likely N-dealkylation sites (N-methyl/N-ethyl adjacent to an activating group) is 1. The molecule has 0 aliphatic carbocycles. The van der Waals surface area contributed by atoms with Gasteiger partial charge in [0.2, 0.25) is 5.91 Å². The van der Waals surface area contributed by atoms with Crippen LogP contribution in [0.2, 0.25) is 0 Å². The molecule has 0 bridgehead atoms. The lowest BCUT2D eigenvalue weighted by Gasteiger charge is -2.15. The van der Waals surface area contributed by atoms with E-state index in [1.54, 1.807) is 31.3 Å². The first-order valence-corrected chi connectivity index (χ1v) is 5.46. The van der Waals surface area contributed by atoms with Crippen molar-refractivity contribution < 1.29 is 14.6 Å². The summed E-state index contributed by atoms with van der Waals surface area (Å²) in [5.41, 5.74) is 6.23. The Kier molecular flexibility index (Phi) is 5.29. The maximum Gasteiger partial charge on any atom is 0.225 e. The predicted molar refractivity (Wildman–Crippen MR) is 65.7 cm³/mol. The molecule has 17 heavy (non-hydrogen) atoms. The molecule has 0 aliphatic heterocycles. The minimum atomic E-state index is -0.0528. The van der Waals surface area contributed by atoms with Crippen LogP contribution in [0.3, 0.4) is 0 Å². The van der Waals surface area contributed by atoms with Gasteiger partial charge in [0.1, 0.15) is 5.75 Å². The predicted octanol–water partition coefficient (Wildman–Crippen LogP) is 0.488. The van der Waals surface area contributed by atoms with Crippen LogP contribution in [-0.2, 0) is 4.79 Å². The number of hydrogen-bond donors (Lipinski definition) is 2. The van der Waals surface area contributed by atoms with Gasteiger partial charge in [-0.25, -0.2) is 0 Å². The number of nitrogens with zero attached hydrogens (tertiary/aromatic N) is 1. The van der Waals surface area contributed by atoms with Crippen LogP contribution in [0.25, 0.3) is 0 Å². The largest absolute Gasteiger partial charge is 0.493 e. The van der Waals surface area contributed by atoms with Crippen molar-refractivity contribution in [2.75, 3.05) is 32.5 Å². The second kappa shape index (κ2) is 6.75. The van der Waals surface area contributed by atoms with Gasteiger partial charge in [0, 0.05) is 25.3 Å². The van der Waals surface area contributed by atoms with Crippen LogP contribution in [0.1, 0.15) is 6.42 Å². The number of nitrogen functional groups attached to an aromatic ring is 1. The first-order valence-electron chi connectivity index (χ1n) is 5.46. The maximum atomic E-state index is 11.5. The van der Waals surface area contributed by atoms with Gasteiger partial charge < -0.3 is 20.5 Å². The molecule has 0 saturated carbocycles. The molecule has 0 atom stereocenters. The lowest BCUT2D eigenvalue weighted by atomic mass is 10.3. The number of rotatable bonds is 6. The molecular formula is C12H18N2O3. The zero-order chi connectivity index (χ0) is 12.7. The number of amides is 1. The Morgan fingerprint density at radius 2 is 2.29 bits per heavy atom. The Hall–Kier alpha value is -1.75. The summed E-state index contributed by atoms with van der Waals surface area (Å²) in [5, 5.41) is 8.68. The van der Waals surface area contributed by atoms with Crippen LogP contribution in [0.15, 0.2) is 24.3 Å². The molecule has 94 valence electrons. The molecule has 0 radical (unpaired) electrons.